The molecule has 4 unspecified atom stereocenters. The summed E-state index contributed by atoms with van der Waals surface area (Å²) in [5, 5.41) is 5.86. The highest BCUT2D eigenvalue weighted by molar-refractivity contribution is 7.90. The van der Waals surface area contributed by atoms with Crippen LogP contribution in [0, 0.1) is 5.92 Å². The van der Waals surface area contributed by atoms with Crippen molar-refractivity contribution in [2.75, 3.05) is 20.2 Å². The van der Waals surface area contributed by atoms with Crippen LogP contribution in [0.5, 0.6) is 11.5 Å². The second-order valence-corrected chi connectivity index (χ2v) is 16.1. The van der Waals surface area contributed by atoms with Crippen molar-refractivity contribution >= 4 is 44.7 Å². The van der Waals surface area contributed by atoms with Crippen LogP contribution >= 0.6 is 0 Å². The molecule has 0 bridgehead atoms. The normalized spacial score (nSPS) is 20.6. The Balaban J connectivity index is 1.28. The number of pyridine rings is 1. The van der Waals surface area contributed by atoms with Crippen molar-refractivity contribution in [1.29, 1.82) is 0 Å². The van der Waals surface area contributed by atoms with Crippen LogP contribution in [-0.2, 0) is 29.1 Å². The maximum atomic E-state index is 14.2. The Morgan fingerprint density at radius 3 is 2.33 bits per heavy atom. The fourth-order valence-corrected chi connectivity index (χ4v) is 7.58. The summed E-state index contributed by atoms with van der Waals surface area (Å²) < 4.78 is 45.5. The molecule has 2 heterocycles. The van der Waals surface area contributed by atoms with E-state index in [1.165, 1.54) is 35.2 Å². The molecule has 55 heavy (non-hydrogen) atoms. The average Bonchev–Trinajstić information content (AvgIpc) is 3.72. The van der Waals surface area contributed by atoms with Gasteiger partial charge in [0.05, 0.1) is 29.8 Å². The van der Waals surface area contributed by atoms with E-state index in [9.17, 15) is 27.6 Å². The molecule has 3 aromatic carbocycles. The lowest BCUT2D eigenvalue weighted by atomic mass is 10.1. The third-order valence-electron chi connectivity index (χ3n) is 9.34. The van der Waals surface area contributed by atoms with E-state index in [2.05, 4.69) is 21.9 Å². The SMILES string of the molecule is C=CC1CC1(NC(=O)C1CC(Oc2cc(-c3ccccc3)nc3cc(OC)ccc23)CN1C(=O)CNC(=O)OC(C)(C)C)C(=O)NS(=O)(=O)c1ccccc1. The summed E-state index contributed by atoms with van der Waals surface area (Å²) in [5.74, 6) is -1.78. The molecule has 4 atom stereocenters. The summed E-state index contributed by atoms with van der Waals surface area (Å²) in [7, 11) is -2.71. The number of hydrogen-bond donors (Lipinski definition) is 3. The number of alkyl carbamates (subject to hydrolysis) is 1. The molecule has 4 aromatic rings. The minimum Gasteiger partial charge on any atom is -0.497 e. The first kappa shape index (κ1) is 38.8. The monoisotopic (exact) mass is 769 g/mol. The lowest BCUT2D eigenvalue weighted by molar-refractivity contribution is -0.139. The van der Waals surface area contributed by atoms with Gasteiger partial charge >= 0.3 is 6.09 Å². The van der Waals surface area contributed by atoms with Crippen molar-refractivity contribution in [2.24, 2.45) is 5.92 Å². The number of aromatic nitrogens is 1. The van der Waals surface area contributed by atoms with Crippen molar-refractivity contribution in [1.82, 2.24) is 25.2 Å². The number of nitrogens with one attached hydrogen (secondary N) is 3. The Bertz CT molecular complexity index is 2230. The zero-order chi connectivity index (χ0) is 39.5. The quantitative estimate of drug-likeness (QED) is 0.175. The summed E-state index contributed by atoms with van der Waals surface area (Å²) in [6.45, 7) is 8.27. The van der Waals surface area contributed by atoms with Crippen LogP contribution in [0.15, 0.2) is 102 Å². The third kappa shape index (κ3) is 8.72. The van der Waals surface area contributed by atoms with Gasteiger partial charge in [0.2, 0.25) is 11.8 Å². The second-order valence-electron chi connectivity index (χ2n) is 14.4. The van der Waals surface area contributed by atoms with E-state index < -0.39 is 69.6 Å². The van der Waals surface area contributed by atoms with Gasteiger partial charge in [0.15, 0.2) is 0 Å². The molecule has 1 saturated carbocycles. The lowest BCUT2D eigenvalue weighted by Crippen LogP contribution is -2.57. The number of nitrogens with zero attached hydrogens (tertiary/aromatic N) is 2. The first-order valence-corrected chi connectivity index (χ1v) is 19.1. The van der Waals surface area contributed by atoms with Gasteiger partial charge in [-0.2, -0.15) is 0 Å². The number of carbonyl (C=O) groups is 4. The number of amides is 4. The largest absolute Gasteiger partial charge is 0.497 e. The molecular weight excluding hydrogens is 727 g/mol. The van der Waals surface area contributed by atoms with Crippen molar-refractivity contribution in [3.63, 3.8) is 0 Å². The van der Waals surface area contributed by atoms with Crippen LogP contribution in [0.1, 0.15) is 33.6 Å². The van der Waals surface area contributed by atoms with Crippen LogP contribution in [-0.4, -0.2) is 85.6 Å². The first-order chi connectivity index (χ1) is 26.1. The van der Waals surface area contributed by atoms with Crippen molar-refractivity contribution in [3.8, 4) is 22.8 Å². The lowest BCUT2D eigenvalue weighted by Gasteiger charge is -2.27. The minimum atomic E-state index is -4.27. The molecule has 1 aromatic heterocycles. The summed E-state index contributed by atoms with van der Waals surface area (Å²) in [6, 6.07) is 22.9. The molecule has 0 spiro atoms. The standard InChI is InChI=1S/C40H43N5O9S/c1-6-26-22-40(26,37(48)44-55(50,51)29-15-11-8-12-16-29)43-36(47)33-20-28(24-45(33)35(46)23-41-38(49)54-39(2,3)4)53-34-21-31(25-13-9-7-10-14-25)42-32-19-27(52-5)17-18-30(32)34/h6-19,21,26,28,33H,1,20,22-24H2,2-5H3,(H,41,49)(H,43,47)(H,44,48). The van der Waals surface area contributed by atoms with Crippen LogP contribution in [0.25, 0.3) is 22.2 Å². The smallest absolute Gasteiger partial charge is 0.408 e. The zero-order valence-corrected chi connectivity index (χ0v) is 31.7. The number of hydrogen-bond acceptors (Lipinski definition) is 10. The van der Waals surface area contributed by atoms with Gasteiger partial charge in [-0.05, 0) is 51.5 Å². The summed E-state index contributed by atoms with van der Waals surface area (Å²) in [6.07, 6.45) is 0.0206. The van der Waals surface area contributed by atoms with E-state index in [1.807, 2.05) is 36.4 Å². The molecule has 288 valence electrons. The Kier molecular flexibility index (Phi) is 10.9. The van der Waals surface area contributed by atoms with Gasteiger partial charge in [-0.25, -0.2) is 22.9 Å². The fourth-order valence-electron chi connectivity index (χ4n) is 6.52. The number of benzene rings is 3. The maximum Gasteiger partial charge on any atom is 0.408 e. The minimum absolute atomic E-state index is 0.00339. The first-order valence-electron chi connectivity index (χ1n) is 17.7. The number of ether oxygens (including phenoxy) is 3. The van der Waals surface area contributed by atoms with Gasteiger partial charge in [0.1, 0.15) is 41.3 Å². The molecule has 3 N–H and O–H groups in total. The highest BCUT2D eigenvalue weighted by atomic mass is 32.2. The topological polar surface area (TPSA) is 182 Å². The Labute approximate surface area is 319 Å². The Hall–Kier alpha value is -5.96. The highest BCUT2D eigenvalue weighted by Gasteiger charge is 2.61. The van der Waals surface area contributed by atoms with E-state index >= 15 is 0 Å². The van der Waals surface area contributed by atoms with Crippen LogP contribution in [0.2, 0.25) is 0 Å². The predicted octanol–water partition coefficient (Wildman–Crippen LogP) is 4.35. The predicted molar refractivity (Wildman–Crippen MR) is 203 cm³/mol. The van der Waals surface area contributed by atoms with E-state index in [-0.39, 0.29) is 24.3 Å². The van der Waals surface area contributed by atoms with Gasteiger partial charge < -0.3 is 29.7 Å². The number of likely N-dealkylation sites (tertiary alicyclic amines) is 1. The summed E-state index contributed by atoms with van der Waals surface area (Å²) >= 11 is 0. The van der Waals surface area contributed by atoms with E-state index in [0.29, 0.717) is 28.1 Å². The van der Waals surface area contributed by atoms with Crippen LogP contribution < -0.4 is 24.8 Å². The molecular formula is C40H43N5O9S. The Morgan fingerprint density at radius 2 is 1.69 bits per heavy atom. The molecule has 14 nitrogen and oxygen atoms in total. The van der Waals surface area contributed by atoms with Crippen molar-refractivity contribution in [3.05, 3.63) is 97.6 Å². The van der Waals surface area contributed by atoms with Gasteiger partial charge in [0, 0.05) is 35.4 Å². The summed E-state index contributed by atoms with van der Waals surface area (Å²) in [5.41, 5.74) is -0.383. The number of sulfonamides is 1. The molecule has 2 aliphatic rings. The Morgan fingerprint density at radius 1 is 1.00 bits per heavy atom. The van der Waals surface area contributed by atoms with Gasteiger partial charge in [-0.15, -0.1) is 6.58 Å². The van der Waals surface area contributed by atoms with E-state index in [4.69, 9.17) is 19.2 Å². The molecule has 15 heteroatoms. The van der Waals surface area contributed by atoms with Gasteiger partial charge in [0.25, 0.3) is 15.9 Å². The molecule has 1 aliphatic heterocycles. The number of fused-ring (bicyclic) bond motifs is 1. The van der Waals surface area contributed by atoms with Gasteiger partial charge in [-0.3, -0.25) is 14.4 Å². The molecule has 1 saturated heterocycles. The van der Waals surface area contributed by atoms with E-state index in [0.717, 1.165) is 5.56 Å². The van der Waals surface area contributed by atoms with Gasteiger partial charge in [-0.1, -0.05) is 54.6 Å². The molecule has 4 amide bonds. The molecule has 6 rings (SSSR count). The highest BCUT2D eigenvalue weighted by Crippen LogP contribution is 2.45. The number of rotatable bonds is 12. The molecule has 0 radical (unpaired) electrons. The second kappa shape index (κ2) is 15.4. The zero-order valence-electron chi connectivity index (χ0n) is 30.9. The van der Waals surface area contributed by atoms with Crippen molar-refractivity contribution in [2.45, 2.75) is 61.8 Å². The average molecular weight is 770 g/mol. The fraction of sp³-hybridized carbons (Fsp3) is 0.325. The van der Waals surface area contributed by atoms with Crippen molar-refractivity contribution < 1.29 is 41.8 Å². The summed E-state index contributed by atoms with van der Waals surface area (Å²) in [4.78, 5) is 60.0. The number of carbonyl (C=O) groups excluding carboxylic acids is 4. The maximum absolute atomic E-state index is 14.2. The molecule has 1 aliphatic carbocycles. The van der Waals surface area contributed by atoms with Crippen LogP contribution in [0.4, 0.5) is 4.79 Å². The van der Waals surface area contributed by atoms with Crippen LogP contribution in [0.3, 0.4) is 0 Å². The molecule has 2 fully saturated rings. The number of methoxy groups -OCH3 is 1. The third-order valence-corrected chi connectivity index (χ3v) is 10.7. The van der Waals surface area contributed by atoms with E-state index in [1.54, 1.807) is 52.1 Å².